The van der Waals surface area contributed by atoms with Crippen LogP contribution in [0.15, 0.2) is 79.3 Å². The van der Waals surface area contributed by atoms with Gasteiger partial charge in [-0.05, 0) is 41.3 Å². The number of pyridine rings is 1. The zero-order valence-corrected chi connectivity index (χ0v) is 22.6. The van der Waals surface area contributed by atoms with E-state index < -0.39 is 29.4 Å². The lowest BCUT2D eigenvalue weighted by atomic mass is 10.0. The Morgan fingerprint density at radius 2 is 1.42 bits per heavy atom. The molecular formula is C30H25F6N5O2. The minimum absolute atomic E-state index is 0.0634. The number of carbonyl (C=O) groups excluding carboxylic acids is 1. The fourth-order valence-electron chi connectivity index (χ4n) is 4.61. The van der Waals surface area contributed by atoms with Gasteiger partial charge in [-0.1, -0.05) is 42.5 Å². The molecule has 0 atom stereocenters. The lowest BCUT2D eigenvalue weighted by Gasteiger charge is -2.34. The van der Waals surface area contributed by atoms with Crippen LogP contribution in [0.3, 0.4) is 0 Å². The summed E-state index contributed by atoms with van der Waals surface area (Å²) in [6.07, 6.45) is -6.33. The molecule has 1 aliphatic heterocycles. The van der Waals surface area contributed by atoms with Crippen LogP contribution in [-0.4, -0.2) is 51.9 Å². The van der Waals surface area contributed by atoms with E-state index in [1.165, 1.54) is 6.20 Å². The van der Waals surface area contributed by atoms with Crippen LogP contribution in [0.4, 0.5) is 32.3 Å². The summed E-state index contributed by atoms with van der Waals surface area (Å²) in [6, 6.07) is 16.4. The summed E-state index contributed by atoms with van der Waals surface area (Å²) in [5, 5.41) is 0. The molecule has 0 bridgehead atoms. The quantitative estimate of drug-likeness (QED) is 0.241. The monoisotopic (exact) mass is 601 g/mol. The van der Waals surface area contributed by atoms with E-state index in [1.54, 1.807) is 64.4 Å². The van der Waals surface area contributed by atoms with E-state index in [-0.39, 0.29) is 38.0 Å². The zero-order valence-electron chi connectivity index (χ0n) is 22.6. The number of benzene rings is 2. The summed E-state index contributed by atoms with van der Waals surface area (Å²) in [6.45, 7) is 1.16. The van der Waals surface area contributed by atoms with Crippen LogP contribution in [0.2, 0.25) is 0 Å². The molecule has 0 unspecified atom stereocenters. The van der Waals surface area contributed by atoms with Gasteiger partial charge in [0, 0.05) is 50.3 Å². The van der Waals surface area contributed by atoms with Crippen LogP contribution in [0.1, 0.15) is 38.2 Å². The lowest BCUT2D eigenvalue weighted by molar-refractivity contribution is -0.139. The molecule has 1 saturated heterocycles. The van der Waals surface area contributed by atoms with Gasteiger partial charge in [0.05, 0.1) is 5.56 Å². The number of nitrogens with zero attached hydrogens (tertiary/aromatic N) is 5. The molecular weight excluding hydrogens is 576 g/mol. The number of halogens is 6. The molecule has 2 aromatic carbocycles. The normalized spacial score (nSPS) is 14.1. The predicted octanol–water partition coefficient (Wildman–Crippen LogP) is 6.04. The molecule has 7 nitrogen and oxygen atoms in total. The Morgan fingerprint density at radius 1 is 0.744 bits per heavy atom. The smallest absolute Gasteiger partial charge is 0.421 e. The van der Waals surface area contributed by atoms with Crippen molar-refractivity contribution in [1.29, 1.82) is 0 Å². The first-order valence-electron chi connectivity index (χ1n) is 13.2. The average Bonchev–Trinajstić information content (AvgIpc) is 3.00. The van der Waals surface area contributed by atoms with Crippen LogP contribution in [0.5, 0.6) is 5.88 Å². The van der Waals surface area contributed by atoms with Crippen LogP contribution in [0.25, 0.3) is 0 Å². The standard InChI is InChI=1S/C30H25F6N5O2/c31-29(32,33)24-17-38-28(39-18-24)41-11-9-40(10-12-41)27(42)23-8-4-7-21(14-23)13-22-15-25(30(34,35)36)26(37-16-22)43-19-20-5-2-1-3-6-20/h1-8,14-18H,9-13,19H2. The zero-order chi connectivity index (χ0) is 30.6. The van der Waals surface area contributed by atoms with Crippen LogP contribution in [-0.2, 0) is 25.4 Å². The van der Waals surface area contributed by atoms with Gasteiger partial charge in [-0.25, -0.2) is 15.0 Å². The van der Waals surface area contributed by atoms with E-state index >= 15 is 0 Å². The fourth-order valence-corrected chi connectivity index (χ4v) is 4.61. The van der Waals surface area contributed by atoms with Gasteiger partial charge >= 0.3 is 12.4 Å². The largest absolute Gasteiger partial charge is 0.472 e. The summed E-state index contributed by atoms with van der Waals surface area (Å²) in [4.78, 5) is 28.1. The highest BCUT2D eigenvalue weighted by molar-refractivity contribution is 5.94. The summed E-state index contributed by atoms with van der Waals surface area (Å²) >= 11 is 0. The first-order valence-corrected chi connectivity index (χ1v) is 13.2. The molecule has 224 valence electrons. The van der Waals surface area contributed by atoms with Crippen molar-refractivity contribution in [3.63, 3.8) is 0 Å². The lowest BCUT2D eigenvalue weighted by Crippen LogP contribution is -2.49. The second kappa shape index (κ2) is 12.3. The second-order valence-corrected chi connectivity index (χ2v) is 9.89. The van der Waals surface area contributed by atoms with Gasteiger partial charge in [0.1, 0.15) is 12.2 Å². The first kappa shape index (κ1) is 29.8. The molecule has 0 spiro atoms. The topological polar surface area (TPSA) is 71.5 Å². The molecule has 5 rings (SSSR count). The Kier molecular flexibility index (Phi) is 8.51. The molecule has 3 heterocycles. The van der Waals surface area contributed by atoms with Gasteiger partial charge in [0.25, 0.3) is 5.91 Å². The van der Waals surface area contributed by atoms with E-state index in [2.05, 4.69) is 15.0 Å². The van der Waals surface area contributed by atoms with Crippen molar-refractivity contribution < 1.29 is 35.9 Å². The minimum atomic E-state index is -4.68. The number of anilines is 1. The summed E-state index contributed by atoms with van der Waals surface area (Å²) in [5.41, 5.74) is 0.0660. The molecule has 0 radical (unpaired) electrons. The van der Waals surface area contributed by atoms with Crippen molar-refractivity contribution in [2.45, 2.75) is 25.4 Å². The molecule has 0 saturated carbocycles. The van der Waals surface area contributed by atoms with E-state index in [1.807, 2.05) is 0 Å². The van der Waals surface area contributed by atoms with Crippen molar-refractivity contribution in [3.8, 4) is 5.88 Å². The number of hydrogen-bond donors (Lipinski definition) is 0. The highest BCUT2D eigenvalue weighted by atomic mass is 19.4. The van der Waals surface area contributed by atoms with E-state index in [0.717, 1.165) is 18.5 Å². The van der Waals surface area contributed by atoms with Crippen LogP contribution >= 0.6 is 0 Å². The Labute approximate surface area is 242 Å². The highest BCUT2D eigenvalue weighted by Crippen LogP contribution is 2.36. The molecule has 1 fully saturated rings. The Balaban J connectivity index is 1.23. The highest BCUT2D eigenvalue weighted by Gasteiger charge is 2.36. The summed E-state index contributed by atoms with van der Waals surface area (Å²) in [7, 11) is 0. The van der Waals surface area contributed by atoms with Gasteiger partial charge in [-0.15, -0.1) is 0 Å². The van der Waals surface area contributed by atoms with E-state index in [9.17, 15) is 31.1 Å². The Hall–Kier alpha value is -4.68. The van der Waals surface area contributed by atoms with Gasteiger partial charge in [-0.2, -0.15) is 26.3 Å². The van der Waals surface area contributed by atoms with E-state index in [4.69, 9.17) is 4.74 Å². The number of alkyl halides is 6. The second-order valence-electron chi connectivity index (χ2n) is 9.89. The first-order chi connectivity index (χ1) is 20.5. The van der Waals surface area contributed by atoms with Crippen LogP contribution < -0.4 is 9.64 Å². The molecule has 1 aliphatic rings. The van der Waals surface area contributed by atoms with Gasteiger partial charge in [0.2, 0.25) is 11.8 Å². The Bertz CT molecular complexity index is 1550. The van der Waals surface area contributed by atoms with Crippen LogP contribution in [0, 0.1) is 0 Å². The third kappa shape index (κ3) is 7.40. The number of ether oxygens (including phenoxy) is 1. The maximum Gasteiger partial charge on any atom is 0.421 e. The number of rotatable bonds is 7. The third-order valence-corrected chi connectivity index (χ3v) is 6.83. The number of hydrogen-bond acceptors (Lipinski definition) is 6. The van der Waals surface area contributed by atoms with E-state index in [0.29, 0.717) is 35.3 Å². The van der Waals surface area contributed by atoms with Crippen molar-refractivity contribution in [2.24, 2.45) is 0 Å². The summed E-state index contributed by atoms with van der Waals surface area (Å²) < 4.78 is 85.3. The predicted molar refractivity (Wildman–Crippen MR) is 144 cm³/mol. The fraction of sp³-hybridized carbons (Fsp3) is 0.267. The molecule has 13 heteroatoms. The number of piperazine rings is 1. The number of amides is 1. The van der Waals surface area contributed by atoms with Gasteiger partial charge < -0.3 is 14.5 Å². The number of aromatic nitrogens is 3. The SMILES string of the molecule is O=C(c1cccc(Cc2cnc(OCc3ccccc3)c(C(F)(F)F)c2)c1)N1CCN(c2ncc(C(F)(F)F)cn2)CC1. The third-order valence-electron chi connectivity index (χ3n) is 6.83. The Morgan fingerprint density at radius 3 is 2.07 bits per heavy atom. The molecule has 0 aliphatic carbocycles. The van der Waals surface area contributed by atoms with Gasteiger partial charge in [-0.3, -0.25) is 4.79 Å². The average molecular weight is 602 g/mol. The molecule has 43 heavy (non-hydrogen) atoms. The molecule has 0 N–H and O–H groups in total. The maximum absolute atomic E-state index is 13.8. The summed E-state index contributed by atoms with van der Waals surface area (Å²) in [5.74, 6) is -0.635. The maximum atomic E-state index is 13.8. The van der Waals surface area contributed by atoms with Gasteiger partial charge in [0.15, 0.2) is 0 Å². The molecule has 2 aromatic heterocycles. The van der Waals surface area contributed by atoms with Crippen molar-refractivity contribution in [3.05, 3.63) is 113 Å². The van der Waals surface area contributed by atoms with Crippen molar-refractivity contribution in [2.75, 3.05) is 31.1 Å². The molecule has 1 amide bonds. The van der Waals surface area contributed by atoms with Crippen molar-refractivity contribution in [1.82, 2.24) is 19.9 Å². The minimum Gasteiger partial charge on any atom is -0.472 e. The van der Waals surface area contributed by atoms with Crippen molar-refractivity contribution >= 4 is 11.9 Å². The molecule has 4 aromatic rings. The number of carbonyl (C=O) groups is 1.